The van der Waals surface area contributed by atoms with Crippen molar-refractivity contribution >= 4 is 5.91 Å². The molecule has 0 saturated heterocycles. The lowest BCUT2D eigenvalue weighted by Gasteiger charge is -2.10. The summed E-state index contributed by atoms with van der Waals surface area (Å²) in [6.07, 6.45) is 3.43. The van der Waals surface area contributed by atoms with Crippen molar-refractivity contribution in [3.05, 3.63) is 64.7 Å². The molecule has 2 N–H and O–H groups in total. The summed E-state index contributed by atoms with van der Waals surface area (Å²) in [4.78, 5) is 11.9. The topological polar surface area (TPSA) is 58.6 Å². The van der Waals surface area contributed by atoms with Crippen LogP contribution in [0.1, 0.15) is 28.7 Å². The molecule has 1 amide bonds. The van der Waals surface area contributed by atoms with Crippen LogP contribution >= 0.6 is 0 Å². The molecule has 0 saturated carbocycles. The fraction of sp³-hybridized carbons (Fsp3) is 0.316. The number of hydrogen-bond donors (Lipinski definition) is 2. The van der Waals surface area contributed by atoms with Crippen LogP contribution in [-0.4, -0.2) is 17.6 Å². The average Bonchev–Trinajstić information content (AvgIpc) is 3.06. The van der Waals surface area contributed by atoms with Gasteiger partial charge in [0.2, 0.25) is 0 Å². The first-order valence-corrected chi connectivity index (χ1v) is 7.95. The van der Waals surface area contributed by atoms with E-state index in [-0.39, 0.29) is 19.1 Å². The van der Waals surface area contributed by atoms with E-state index in [0.717, 1.165) is 29.7 Å². The van der Waals surface area contributed by atoms with Gasteiger partial charge in [0.15, 0.2) is 6.61 Å². The van der Waals surface area contributed by atoms with E-state index in [1.165, 1.54) is 17.5 Å². The molecule has 0 heterocycles. The Morgan fingerprint density at radius 3 is 2.70 bits per heavy atom. The summed E-state index contributed by atoms with van der Waals surface area (Å²) < 4.78 is 5.58. The molecule has 0 fully saturated rings. The number of ether oxygens (including phenoxy) is 1. The van der Waals surface area contributed by atoms with E-state index in [2.05, 4.69) is 11.4 Å². The second-order valence-electron chi connectivity index (χ2n) is 5.78. The number of carbonyl (C=O) groups is 1. The zero-order valence-electron chi connectivity index (χ0n) is 13.0. The molecule has 4 nitrogen and oxygen atoms in total. The summed E-state index contributed by atoms with van der Waals surface area (Å²) in [5.74, 6) is 0.579. The summed E-state index contributed by atoms with van der Waals surface area (Å²) >= 11 is 0. The zero-order chi connectivity index (χ0) is 16.1. The van der Waals surface area contributed by atoms with Gasteiger partial charge in [-0.25, -0.2) is 0 Å². The molecule has 0 aliphatic heterocycles. The lowest BCUT2D eigenvalue weighted by atomic mass is 10.1. The van der Waals surface area contributed by atoms with E-state index in [1.54, 1.807) is 0 Å². The van der Waals surface area contributed by atoms with Gasteiger partial charge in [-0.05, 0) is 53.6 Å². The van der Waals surface area contributed by atoms with Gasteiger partial charge in [-0.15, -0.1) is 0 Å². The van der Waals surface area contributed by atoms with E-state index in [4.69, 9.17) is 4.74 Å². The van der Waals surface area contributed by atoms with Crippen LogP contribution in [0.25, 0.3) is 0 Å². The number of aliphatic hydroxyl groups is 1. The summed E-state index contributed by atoms with van der Waals surface area (Å²) in [5.41, 5.74) is 4.47. The maximum absolute atomic E-state index is 11.9. The summed E-state index contributed by atoms with van der Waals surface area (Å²) in [6, 6.07) is 13.6. The minimum atomic E-state index is -0.168. The van der Waals surface area contributed by atoms with Gasteiger partial charge in [0.25, 0.3) is 5.91 Å². The minimum Gasteiger partial charge on any atom is -0.484 e. The molecular weight excluding hydrogens is 290 g/mol. The third-order valence-electron chi connectivity index (χ3n) is 4.20. The zero-order valence-corrected chi connectivity index (χ0v) is 13.0. The SMILES string of the molecule is O=C(COc1ccc2c(c1)CCC2)NCc1ccccc1CO. The molecule has 0 aromatic heterocycles. The Hall–Kier alpha value is -2.33. The van der Waals surface area contributed by atoms with Crippen molar-refractivity contribution in [2.45, 2.75) is 32.4 Å². The van der Waals surface area contributed by atoms with Crippen molar-refractivity contribution in [2.24, 2.45) is 0 Å². The Morgan fingerprint density at radius 1 is 1.09 bits per heavy atom. The predicted molar refractivity (Wildman–Crippen MR) is 88.2 cm³/mol. The van der Waals surface area contributed by atoms with Crippen molar-refractivity contribution in [3.8, 4) is 5.75 Å². The fourth-order valence-corrected chi connectivity index (χ4v) is 2.92. The summed E-state index contributed by atoms with van der Waals surface area (Å²) in [7, 11) is 0. The first-order valence-electron chi connectivity index (χ1n) is 7.95. The van der Waals surface area contributed by atoms with Crippen LogP contribution < -0.4 is 10.1 Å². The minimum absolute atomic E-state index is 0.0000779. The monoisotopic (exact) mass is 311 g/mol. The van der Waals surface area contributed by atoms with E-state index in [1.807, 2.05) is 36.4 Å². The number of rotatable bonds is 6. The maximum atomic E-state index is 11.9. The normalized spacial score (nSPS) is 12.7. The van der Waals surface area contributed by atoms with Crippen LogP contribution in [0.3, 0.4) is 0 Å². The van der Waals surface area contributed by atoms with Gasteiger partial charge in [0.1, 0.15) is 5.75 Å². The second-order valence-corrected chi connectivity index (χ2v) is 5.78. The first kappa shape index (κ1) is 15.6. The van der Waals surface area contributed by atoms with Gasteiger partial charge in [-0.3, -0.25) is 4.79 Å². The third kappa shape index (κ3) is 3.90. The Morgan fingerprint density at radius 2 is 1.87 bits per heavy atom. The van der Waals surface area contributed by atoms with Crippen LogP contribution in [0.15, 0.2) is 42.5 Å². The van der Waals surface area contributed by atoms with Crippen LogP contribution in [0, 0.1) is 0 Å². The van der Waals surface area contributed by atoms with Crippen molar-refractivity contribution in [2.75, 3.05) is 6.61 Å². The number of fused-ring (bicyclic) bond motifs is 1. The molecule has 1 aliphatic carbocycles. The number of nitrogens with one attached hydrogen (secondary N) is 1. The van der Waals surface area contributed by atoms with Crippen molar-refractivity contribution in [1.82, 2.24) is 5.32 Å². The standard InChI is InChI=1S/C19H21NO3/c21-12-17-5-2-1-4-16(17)11-20-19(22)13-23-18-9-8-14-6-3-7-15(14)10-18/h1-2,4-5,8-10,21H,3,6-7,11-13H2,(H,20,22). The molecule has 2 aromatic carbocycles. The van der Waals surface area contributed by atoms with Gasteiger partial charge in [0.05, 0.1) is 6.61 Å². The molecule has 3 rings (SSSR count). The fourth-order valence-electron chi connectivity index (χ4n) is 2.92. The number of hydrogen-bond acceptors (Lipinski definition) is 3. The lowest BCUT2D eigenvalue weighted by molar-refractivity contribution is -0.123. The molecular formula is C19H21NO3. The van der Waals surface area contributed by atoms with E-state index in [0.29, 0.717) is 6.54 Å². The molecule has 0 bridgehead atoms. The van der Waals surface area contributed by atoms with Crippen molar-refractivity contribution in [3.63, 3.8) is 0 Å². The number of aliphatic hydroxyl groups excluding tert-OH is 1. The van der Waals surface area contributed by atoms with Gasteiger partial charge < -0.3 is 15.2 Å². The smallest absolute Gasteiger partial charge is 0.258 e. The van der Waals surface area contributed by atoms with Crippen molar-refractivity contribution in [1.29, 1.82) is 0 Å². The van der Waals surface area contributed by atoms with Gasteiger partial charge in [0, 0.05) is 6.54 Å². The molecule has 4 heteroatoms. The highest BCUT2D eigenvalue weighted by Gasteiger charge is 2.12. The number of benzene rings is 2. The Bertz CT molecular complexity index is 697. The molecule has 120 valence electrons. The Labute approximate surface area is 136 Å². The van der Waals surface area contributed by atoms with Crippen LogP contribution in [0.5, 0.6) is 5.75 Å². The number of carbonyl (C=O) groups excluding carboxylic acids is 1. The number of aryl methyl sites for hydroxylation is 2. The van der Waals surface area contributed by atoms with Crippen LogP contribution in [0.2, 0.25) is 0 Å². The quantitative estimate of drug-likeness (QED) is 0.861. The van der Waals surface area contributed by atoms with Crippen LogP contribution in [0.4, 0.5) is 0 Å². The summed E-state index contributed by atoms with van der Waals surface area (Å²) in [6.45, 7) is 0.362. The molecule has 0 radical (unpaired) electrons. The molecule has 0 unspecified atom stereocenters. The lowest BCUT2D eigenvalue weighted by Crippen LogP contribution is -2.28. The van der Waals surface area contributed by atoms with Gasteiger partial charge >= 0.3 is 0 Å². The largest absolute Gasteiger partial charge is 0.484 e. The highest BCUT2D eigenvalue weighted by molar-refractivity contribution is 5.77. The van der Waals surface area contributed by atoms with E-state index < -0.39 is 0 Å². The Kier molecular flexibility index (Phi) is 4.93. The van der Waals surface area contributed by atoms with Crippen molar-refractivity contribution < 1.29 is 14.6 Å². The van der Waals surface area contributed by atoms with Gasteiger partial charge in [-0.2, -0.15) is 0 Å². The highest BCUT2D eigenvalue weighted by atomic mass is 16.5. The summed E-state index contributed by atoms with van der Waals surface area (Å²) in [5, 5.41) is 12.1. The maximum Gasteiger partial charge on any atom is 0.258 e. The van der Waals surface area contributed by atoms with E-state index >= 15 is 0 Å². The second kappa shape index (κ2) is 7.29. The molecule has 1 aliphatic rings. The predicted octanol–water partition coefficient (Wildman–Crippen LogP) is 2.36. The first-order chi connectivity index (χ1) is 11.3. The molecule has 2 aromatic rings. The number of amides is 1. The van der Waals surface area contributed by atoms with Crippen LogP contribution in [-0.2, 0) is 30.8 Å². The highest BCUT2D eigenvalue weighted by Crippen LogP contribution is 2.25. The third-order valence-corrected chi connectivity index (χ3v) is 4.20. The average molecular weight is 311 g/mol. The Balaban J connectivity index is 1.50. The molecule has 0 spiro atoms. The molecule has 23 heavy (non-hydrogen) atoms. The van der Waals surface area contributed by atoms with E-state index in [9.17, 15) is 9.90 Å². The molecule has 0 atom stereocenters. The van der Waals surface area contributed by atoms with Gasteiger partial charge in [-0.1, -0.05) is 30.3 Å².